The number of piperidine rings is 1. The first-order chi connectivity index (χ1) is 10.5. The standard InChI is InChI=1S/C15H19NO5S/c1-21-14(19)15(20)6-8-16(9-7-15)13(18)5-4-11(17)12-3-2-10-22-12/h2-3,10,20H,4-9H2,1H3. The Labute approximate surface area is 132 Å². The highest BCUT2D eigenvalue weighted by Crippen LogP contribution is 2.24. The van der Waals surface area contributed by atoms with Gasteiger partial charge in [0.25, 0.3) is 0 Å². The number of hydrogen-bond acceptors (Lipinski definition) is 6. The van der Waals surface area contributed by atoms with Crippen molar-refractivity contribution in [3.8, 4) is 0 Å². The van der Waals surface area contributed by atoms with Gasteiger partial charge in [0.2, 0.25) is 5.91 Å². The number of ether oxygens (including phenoxy) is 1. The summed E-state index contributed by atoms with van der Waals surface area (Å²) in [5, 5.41) is 11.9. The van der Waals surface area contributed by atoms with Crippen LogP contribution in [-0.2, 0) is 14.3 Å². The molecule has 1 aliphatic heterocycles. The van der Waals surface area contributed by atoms with Crippen molar-refractivity contribution < 1.29 is 24.2 Å². The molecule has 0 radical (unpaired) electrons. The van der Waals surface area contributed by atoms with Crippen molar-refractivity contribution >= 4 is 29.0 Å². The molecule has 1 aromatic rings. The molecule has 0 unspecified atom stereocenters. The van der Waals surface area contributed by atoms with Crippen molar-refractivity contribution in [3.05, 3.63) is 22.4 Å². The lowest BCUT2D eigenvalue weighted by Gasteiger charge is -2.36. The summed E-state index contributed by atoms with van der Waals surface area (Å²) in [6, 6.07) is 3.55. The Morgan fingerprint density at radius 3 is 2.55 bits per heavy atom. The van der Waals surface area contributed by atoms with E-state index in [0.29, 0.717) is 4.88 Å². The van der Waals surface area contributed by atoms with Crippen LogP contribution in [0.3, 0.4) is 0 Å². The Hall–Kier alpha value is -1.73. The second-order valence-electron chi connectivity index (χ2n) is 5.30. The number of aliphatic hydroxyl groups is 1. The van der Waals surface area contributed by atoms with Crippen LogP contribution in [0.4, 0.5) is 0 Å². The van der Waals surface area contributed by atoms with Gasteiger partial charge in [0.15, 0.2) is 11.4 Å². The van der Waals surface area contributed by atoms with Crippen LogP contribution in [0.15, 0.2) is 17.5 Å². The van der Waals surface area contributed by atoms with Crippen LogP contribution < -0.4 is 0 Å². The van der Waals surface area contributed by atoms with E-state index in [1.807, 2.05) is 5.38 Å². The highest BCUT2D eigenvalue weighted by molar-refractivity contribution is 7.12. The lowest BCUT2D eigenvalue weighted by Crippen LogP contribution is -2.51. The average molecular weight is 325 g/mol. The SMILES string of the molecule is COC(=O)C1(O)CCN(C(=O)CCC(=O)c2cccs2)CC1. The molecule has 0 aromatic carbocycles. The molecule has 0 saturated carbocycles. The Kier molecular flexibility index (Phi) is 5.31. The lowest BCUT2D eigenvalue weighted by molar-refractivity contribution is -0.168. The summed E-state index contributed by atoms with van der Waals surface area (Å²) in [4.78, 5) is 37.7. The number of esters is 1. The van der Waals surface area contributed by atoms with Gasteiger partial charge in [0, 0.05) is 38.8 Å². The quantitative estimate of drug-likeness (QED) is 0.650. The van der Waals surface area contributed by atoms with E-state index in [-0.39, 0.29) is 50.5 Å². The van der Waals surface area contributed by atoms with Gasteiger partial charge >= 0.3 is 5.97 Å². The molecule has 0 bridgehead atoms. The summed E-state index contributed by atoms with van der Waals surface area (Å²) < 4.78 is 4.57. The van der Waals surface area contributed by atoms with Crippen LogP contribution in [0.25, 0.3) is 0 Å². The summed E-state index contributed by atoms with van der Waals surface area (Å²) in [5.41, 5.74) is -1.50. The van der Waals surface area contributed by atoms with Crippen LogP contribution in [0.2, 0.25) is 0 Å². The maximum absolute atomic E-state index is 12.1. The summed E-state index contributed by atoms with van der Waals surface area (Å²) in [6.07, 6.45) is 0.638. The zero-order valence-corrected chi connectivity index (χ0v) is 13.2. The van der Waals surface area contributed by atoms with Gasteiger partial charge in [-0.05, 0) is 11.4 Å². The maximum atomic E-state index is 12.1. The molecule has 22 heavy (non-hydrogen) atoms. The van der Waals surface area contributed by atoms with Gasteiger partial charge in [0.05, 0.1) is 12.0 Å². The molecule has 0 aliphatic carbocycles. The Balaban J connectivity index is 1.80. The van der Waals surface area contributed by atoms with E-state index in [9.17, 15) is 19.5 Å². The third kappa shape index (κ3) is 3.72. The molecule has 1 fully saturated rings. The van der Waals surface area contributed by atoms with Crippen molar-refractivity contribution in [1.82, 2.24) is 4.90 Å². The van der Waals surface area contributed by atoms with Crippen LogP contribution in [0, 0.1) is 0 Å². The number of likely N-dealkylation sites (tertiary alicyclic amines) is 1. The van der Waals surface area contributed by atoms with Crippen molar-refractivity contribution in [1.29, 1.82) is 0 Å². The first kappa shape index (κ1) is 16.6. The third-order valence-corrected chi connectivity index (χ3v) is 4.78. The molecule has 1 saturated heterocycles. The fourth-order valence-electron chi connectivity index (χ4n) is 2.46. The van der Waals surface area contributed by atoms with E-state index in [2.05, 4.69) is 4.74 Å². The number of hydrogen-bond donors (Lipinski definition) is 1. The molecule has 0 atom stereocenters. The molecule has 1 aliphatic rings. The molecule has 1 amide bonds. The number of Topliss-reactive ketones (excluding diaryl/α,β-unsaturated/α-hetero) is 1. The number of thiophene rings is 1. The molecule has 1 N–H and O–H groups in total. The monoisotopic (exact) mass is 325 g/mol. The van der Waals surface area contributed by atoms with Gasteiger partial charge in [-0.15, -0.1) is 11.3 Å². The van der Waals surface area contributed by atoms with E-state index < -0.39 is 11.6 Å². The molecule has 0 spiro atoms. The lowest BCUT2D eigenvalue weighted by atomic mass is 9.91. The summed E-state index contributed by atoms with van der Waals surface area (Å²) >= 11 is 1.36. The molecule has 6 nitrogen and oxygen atoms in total. The molecule has 120 valence electrons. The van der Waals surface area contributed by atoms with E-state index >= 15 is 0 Å². The molecule has 7 heteroatoms. The molecular formula is C15H19NO5S. The average Bonchev–Trinajstić information content (AvgIpc) is 3.06. The van der Waals surface area contributed by atoms with Crippen LogP contribution in [0.5, 0.6) is 0 Å². The van der Waals surface area contributed by atoms with Crippen LogP contribution in [-0.4, -0.2) is 53.5 Å². The molecular weight excluding hydrogens is 306 g/mol. The van der Waals surface area contributed by atoms with Gasteiger partial charge in [0.1, 0.15) is 0 Å². The van der Waals surface area contributed by atoms with Crippen LogP contribution >= 0.6 is 11.3 Å². The van der Waals surface area contributed by atoms with E-state index in [0.717, 1.165) is 0 Å². The number of carbonyl (C=O) groups excluding carboxylic acids is 3. The first-order valence-electron chi connectivity index (χ1n) is 7.11. The normalized spacial score (nSPS) is 17.1. The maximum Gasteiger partial charge on any atom is 0.337 e. The van der Waals surface area contributed by atoms with Crippen molar-refractivity contribution in [2.24, 2.45) is 0 Å². The number of amides is 1. The Bertz CT molecular complexity index is 546. The highest BCUT2D eigenvalue weighted by atomic mass is 32.1. The minimum atomic E-state index is -1.50. The topological polar surface area (TPSA) is 83.9 Å². The predicted molar refractivity (Wildman–Crippen MR) is 80.7 cm³/mol. The van der Waals surface area contributed by atoms with E-state index in [4.69, 9.17) is 0 Å². The molecule has 1 aromatic heterocycles. The van der Waals surface area contributed by atoms with Gasteiger partial charge in [-0.2, -0.15) is 0 Å². The predicted octanol–water partition coefficient (Wildman–Crippen LogP) is 1.24. The first-order valence-corrected chi connectivity index (χ1v) is 7.99. The van der Waals surface area contributed by atoms with Crippen molar-refractivity contribution in [2.45, 2.75) is 31.3 Å². The number of rotatable bonds is 5. The van der Waals surface area contributed by atoms with Crippen LogP contribution in [0.1, 0.15) is 35.4 Å². The summed E-state index contributed by atoms with van der Waals surface area (Å²) in [6.45, 7) is 0.579. The minimum Gasteiger partial charge on any atom is -0.467 e. The van der Waals surface area contributed by atoms with Gasteiger partial charge in [-0.1, -0.05) is 6.07 Å². The second kappa shape index (κ2) is 7.02. The largest absolute Gasteiger partial charge is 0.467 e. The number of carbonyl (C=O) groups is 3. The second-order valence-corrected chi connectivity index (χ2v) is 6.25. The zero-order valence-electron chi connectivity index (χ0n) is 12.4. The fraction of sp³-hybridized carbons (Fsp3) is 0.533. The van der Waals surface area contributed by atoms with Gasteiger partial charge in [-0.3, -0.25) is 9.59 Å². The fourth-order valence-corrected chi connectivity index (χ4v) is 3.15. The van der Waals surface area contributed by atoms with E-state index in [1.54, 1.807) is 17.0 Å². The summed E-state index contributed by atoms with van der Waals surface area (Å²) in [7, 11) is 1.23. The number of ketones is 1. The molecule has 2 heterocycles. The number of methoxy groups -OCH3 is 1. The van der Waals surface area contributed by atoms with Gasteiger partial charge in [-0.25, -0.2) is 4.79 Å². The third-order valence-electron chi connectivity index (χ3n) is 3.87. The Morgan fingerprint density at radius 1 is 1.32 bits per heavy atom. The summed E-state index contributed by atoms with van der Waals surface area (Å²) in [5.74, 6) is -0.823. The Morgan fingerprint density at radius 2 is 2.00 bits per heavy atom. The zero-order chi connectivity index (χ0) is 16.2. The van der Waals surface area contributed by atoms with Crippen molar-refractivity contribution in [3.63, 3.8) is 0 Å². The molecule has 2 rings (SSSR count). The smallest absolute Gasteiger partial charge is 0.337 e. The van der Waals surface area contributed by atoms with Crippen molar-refractivity contribution in [2.75, 3.05) is 20.2 Å². The van der Waals surface area contributed by atoms with Gasteiger partial charge < -0.3 is 14.7 Å². The number of nitrogens with zero attached hydrogens (tertiary/aromatic N) is 1. The highest BCUT2D eigenvalue weighted by Gasteiger charge is 2.41. The minimum absolute atomic E-state index is 0.0357. The van der Waals surface area contributed by atoms with E-state index in [1.165, 1.54) is 18.4 Å².